The summed E-state index contributed by atoms with van der Waals surface area (Å²) in [5, 5.41) is 12.0. The first-order chi connectivity index (χ1) is 12.4. The molecule has 0 spiro atoms. The standard InChI is InChI=1S/C20H29N5O/c1-20(2)13-25(12-16(20)14-10-21-24(3)11-14)19(26)9-8-18-15-6-4-5-7-17(15)22-23-18/h10-11,16H,4-9,12-13H2,1-3H3,(H,22,23). The van der Waals surface area contributed by atoms with E-state index in [2.05, 4.69) is 35.3 Å². The quantitative estimate of drug-likeness (QED) is 0.917. The van der Waals surface area contributed by atoms with Crippen molar-refractivity contribution in [2.75, 3.05) is 13.1 Å². The van der Waals surface area contributed by atoms with Crippen molar-refractivity contribution in [3.8, 4) is 0 Å². The monoisotopic (exact) mass is 355 g/mol. The van der Waals surface area contributed by atoms with Crippen molar-refractivity contribution in [1.82, 2.24) is 24.9 Å². The number of rotatable bonds is 4. The minimum atomic E-state index is 0.0736. The van der Waals surface area contributed by atoms with Gasteiger partial charge in [-0.3, -0.25) is 14.6 Å². The first-order valence-corrected chi connectivity index (χ1v) is 9.75. The molecule has 1 aliphatic heterocycles. The maximum Gasteiger partial charge on any atom is 0.222 e. The lowest BCUT2D eigenvalue weighted by molar-refractivity contribution is -0.130. The Kier molecular flexibility index (Phi) is 4.37. The number of fused-ring (bicyclic) bond motifs is 1. The van der Waals surface area contributed by atoms with Gasteiger partial charge in [-0.05, 0) is 42.2 Å². The SMILES string of the molecule is Cn1cc(C2CN(C(=O)CCc3n[nH]c4c3CCCC4)CC2(C)C)cn1. The molecule has 0 saturated carbocycles. The molecular formula is C20H29N5O. The number of likely N-dealkylation sites (tertiary alicyclic amines) is 1. The largest absolute Gasteiger partial charge is 0.341 e. The Morgan fingerprint density at radius 2 is 2.15 bits per heavy atom. The first kappa shape index (κ1) is 17.3. The highest BCUT2D eigenvalue weighted by Gasteiger charge is 2.42. The van der Waals surface area contributed by atoms with Crippen LogP contribution in [0.15, 0.2) is 12.4 Å². The summed E-state index contributed by atoms with van der Waals surface area (Å²) in [4.78, 5) is 14.9. The summed E-state index contributed by atoms with van der Waals surface area (Å²) in [6.07, 6.45) is 10.0. The number of nitrogens with one attached hydrogen (secondary N) is 1. The second-order valence-electron chi connectivity index (χ2n) is 8.60. The highest BCUT2D eigenvalue weighted by molar-refractivity contribution is 5.77. The molecule has 1 unspecified atom stereocenters. The molecule has 1 fully saturated rings. The molecule has 2 aromatic heterocycles. The number of carbonyl (C=O) groups excluding carboxylic acids is 1. The van der Waals surface area contributed by atoms with E-state index in [1.165, 1.54) is 29.7 Å². The molecule has 3 heterocycles. The van der Waals surface area contributed by atoms with E-state index in [4.69, 9.17) is 0 Å². The lowest BCUT2D eigenvalue weighted by Gasteiger charge is -2.24. The molecule has 2 aromatic rings. The molecule has 0 bridgehead atoms. The second-order valence-corrected chi connectivity index (χ2v) is 8.60. The maximum atomic E-state index is 12.8. The van der Waals surface area contributed by atoms with Crippen molar-refractivity contribution in [3.63, 3.8) is 0 Å². The molecule has 26 heavy (non-hydrogen) atoms. The molecule has 0 radical (unpaired) electrons. The number of carbonyl (C=O) groups is 1. The molecule has 140 valence electrons. The van der Waals surface area contributed by atoms with Gasteiger partial charge in [0.25, 0.3) is 0 Å². The molecule has 1 saturated heterocycles. The molecular weight excluding hydrogens is 326 g/mol. The van der Waals surface area contributed by atoms with Gasteiger partial charge in [-0.2, -0.15) is 10.2 Å². The van der Waals surface area contributed by atoms with Crippen molar-refractivity contribution >= 4 is 5.91 Å². The van der Waals surface area contributed by atoms with E-state index in [0.717, 1.165) is 38.0 Å². The fraction of sp³-hybridized carbons (Fsp3) is 0.650. The van der Waals surface area contributed by atoms with E-state index in [1.807, 2.05) is 22.8 Å². The Morgan fingerprint density at radius 1 is 1.35 bits per heavy atom. The molecule has 1 aliphatic carbocycles. The fourth-order valence-corrected chi connectivity index (χ4v) is 4.64. The average molecular weight is 355 g/mol. The number of hydrogen-bond acceptors (Lipinski definition) is 3. The topological polar surface area (TPSA) is 66.8 Å². The predicted octanol–water partition coefficient (Wildman–Crippen LogP) is 2.61. The Morgan fingerprint density at radius 3 is 2.92 bits per heavy atom. The summed E-state index contributed by atoms with van der Waals surface area (Å²) in [5.41, 5.74) is 5.07. The number of aromatic amines is 1. The van der Waals surface area contributed by atoms with Gasteiger partial charge in [-0.1, -0.05) is 13.8 Å². The summed E-state index contributed by atoms with van der Waals surface area (Å²) in [6.45, 7) is 6.10. The van der Waals surface area contributed by atoms with Crippen LogP contribution in [-0.4, -0.2) is 43.9 Å². The number of hydrogen-bond donors (Lipinski definition) is 1. The maximum absolute atomic E-state index is 12.8. The van der Waals surface area contributed by atoms with E-state index in [-0.39, 0.29) is 11.3 Å². The average Bonchev–Trinajstić information content (AvgIpc) is 3.29. The zero-order chi connectivity index (χ0) is 18.3. The molecule has 6 nitrogen and oxygen atoms in total. The molecule has 2 aliphatic rings. The molecule has 4 rings (SSSR count). The summed E-state index contributed by atoms with van der Waals surface area (Å²) in [7, 11) is 1.94. The first-order valence-electron chi connectivity index (χ1n) is 9.75. The van der Waals surface area contributed by atoms with Gasteiger partial charge >= 0.3 is 0 Å². The number of aromatic nitrogens is 4. The van der Waals surface area contributed by atoms with Gasteiger partial charge in [-0.15, -0.1) is 0 Å². The van der Waals surface area contributed by atoms with Crippen LogP contribution in [0.2, 0.25) is 0 Å². The summed E-state index contributed by atoms with van der Waals surface area (Å²) < 4.78 is 1.84. The number of H-pyrrole nitrogens is 1. The van der Waals surface area contributed by atoms with Gasteiger partial charge in [0.05, 0.1) is 11.9 Å². The zero-order valence-electron chi connectivity index (χ0n) is 16.1. The third-order valence-corrected chi connectivity index (χ3v) is 6.14. The van der Waals surface area contributed by atoms with Crippen molar-refractivity contribution < 1.29 is 4.79 Å². The van der Waals surface area contributed by atoms with Crippen LogP contribution in [0.5, 0.6) is 0 Å². The van der Waals surface area contributed by atoms with Crippen molar-refractivity contribution in [3.05, 3.63) is 34.9 Å². The van der Waals surface area contributed by atoms with E-state index >= 15 is 0 Å². The second kappa shape index (κ2) is 6.56. The molecule has 1 N–H and O–H groups in total. The van der Waals surface area contributed by atoms with Crippen molar-refractivity contribution in [2.24, 2.45) is 12.5 Å². The van der Waals surface area contributed by atoms with Gasteiger partial charge in [0, 0.05) is 50.8 Å². The fourth-order valence-electron chi connectivity index (χ4n) is 4.64. The Balaban J connectivity index is 1.40. The van der Waals surface area contributed by atoms with Gasteiger partial charge in [0.1, 0.15) is 0 Å². The van der Waals surface area contributed by atoms with Crippen LogP contribution in [0.1, 0.15) is 61.5 Å². The van der Waals surface area contributed by atoms with Crippen LogP contribution >= 0.6 is 0 Å². The smallest absolute Gasteiger partial charge is 0.222 e. The summed E-state index contributed by atoms with van der Waals surface area (Å²) in [5.74, 6) is 0.593. The van der Waals surface area contributed by atoms with E-state index in [0.29, 0.717) is 12.3 Å². The number of amides is 1. The normalized spacial score (nSPS) is 21.8. The minimum absolute atomic E-state index is 0.0736. The van der Waals surface area contributed by atoms with Crippen LogP contribution in [0, 0.1) is 5.41 Å². The lowest BCUT2D eigenvalue weighted by atomic mass is 9.79. The van der Waals surface area contributed by atoms with Gasteiger partial charge in [0.2, 0.25) is 5.91 Å². The van der Waals surface area contributed by atoms with Crippen LogP contribution < -0.4 is 0 Å². The van der Waals surface area contributed by atoms with Crippen molar-refractivity contribution in [2.45, 2.75) is 58.3 Å². The molecule has 6 heteroatoms. The van der Waals surface area contributed by atoms with Crippen LogP contribution in [0.25, 0.3) is 0 Å². The van der Waals surface area contributed by atoms with Crippen molar-refractivity contribution in [1.29, 1.82) is 0 Å². The Bertz CT molecular complexity index is 803. The Labute approximate surface area is 155 Å². The molecule has 1 amide bonds. The zero-order valence-corrected chi connectivity index (χ0v) is 16.1. The highest BCUT2D eigenvalue weighted by atomic mass is 16.2. The summed E-state index contributed by atoms with van der Waals surface area (Å²) >= 11 is 0. The number of aryl methyl sites for hydroxylation is 3. The lowest BCUT2D eigenvalue weighted by Crippen LogP contribution is -2.30. The van der Waals surface area contributed by atoms with Gasteiger partial charge in [0.15, 0.2) is 0 Å². The van der Waals surface area contributed by atoms with E-state index in [1.54, 1.807) is 0 Å². The number of nitrogens with zero attached hydrogens (tertiary/aromatic N) is 4. The third-order valence-electron chi connectivity index (χ3n) is 6.14. The van der Waals surface area contributed by atoms with Crippen LogP contribution in [-0.2, 0) is 31.1 Å². The van der Waals surface area contributed by atoms with Crippen LogP contribution in [0.3, 0.4) is 0 Å². The van der Waals surface area contributed by atoms with Gasteiger partial charge < -0.3 is 4.90 Å². The molecule has 0 aromatic carbocycles. The van der Waals surface area contributed by atoms with E-state index < -0.39 is 0 Å². The van der Waals surface area contributed by atoms with Crippen LogP contribution in [0.4, 0.5) is 0 Å². The van der Waals surface area contributed by atoms with E-state index in [9.17, 15) is 4.79 Å². The minimum Gasteiger partial charge on any atom is -0.341 e. The highest BCUT2D eigenvalue weighted by Crippen LogP contribution is 2.42. The Hall–Kier alpha value is -2.11. The predicted molar refractivity (Wildman–Crippen MR) is 99.9 cm³/mol. The third kappa shape index (κ3) is 3.17. The van der Waals surface area contributed by atoms with Gasteiger partial charge in [-0.25, -0.2) is 0 Å². The summed E-state index contributed by atoms with van der Waals surface area (Å²) in [6, 6.07) is 0. The molecule has 1 atom stereocenters.